The highest BCUT2D eigenvalue weighted by Gasteiger charge is 2.56. The van der Waals surface area contributed by atoms with Gasteiger partial charge < -0.3 is 20.1 Å². The van der Waals surface area contributed by atoms with Crippen LogP contribution in [0, 0.1) is 0 Å². The number of phenols is 1. The molecule has 0 aliphatic rings. The highest BCUT2D eigenvalue weighted by atomic mass is 19.4. The van der Waals surface area contributed by atoms with E-state index in [1.165, 1.54) is 12.4 Å². The Labute approximate surface area is 213 Å². The molecule has 0 fully saturated rings. The highest BCUT2D eigenvalue weighted by molar-refractivity contribution is 5.76. The zero-order chi connectivity index (χ0) is 27.0. The first kappa shape index (κ1) is 26.6. The number of hydrogen-bond donors (Lipinski definition) is 3. The predicted octanol–water partition coefficient (Wildman–Crippen LogP) is 4.99. The number of pyridine rings is 1. The minimum absolute atomic E-state index is 0.154. The third kappa shape index (κ3) is 5.75. The lowest BCUT2D eigenvalue weighted by Crippen LogP contribution is -2.50. The number of alkyl halides is 3. The van der Waals surface area contributed by atoms with Crippen LogP contribution < -0.4 is 0 Å². The van der Waals surface area contributed by atoms with Crippen molar-refractivity contribution < 1.29 is 23.4 Å². The minimum Gasteiger partial charge on any atom is -0.508 e. The third-order valence-electron chi connectivity index (χ3n) is 6.43. The lowest BCUT2D eigenvalue weighted by molar-refractivity contribution is -0.266. The summed E-state index contributed by atoms with van der Waals surface area (Å²) in [7, 11) is 3.81. The van der Waals surface area contributed by atoms with Crippen LogP contribution in [0.4, 0.5) is 13.2 Å². The second kappa shape index (κ2) is 9.75. The molecule has 0 bridgehead atoms. The normalized spacial score (nSPS) is 14.3. The van der Waals surface area contributed by atoms with Crippen molar-refractivity contribution >= 4 is 11.0 Å². The number of rotatable bonds is 8. The number of nitrogens with zero attached hydrogens (tertiary/aromatic N) is 4. The number of H-pyrrole nitrogens is 1. The second-order valence-corrected chi connectivity index (χ2v) is 10.4. The summed E-state index contributed by atoms with van der Waals surface area (Å²) in [6.45, 7) is 3.74. The molecule has 3 aromatic heterocycles. The van der Waals surface area contributed by atoms with Gasteiger partial charge in [-0.2, -0.15) is 13.2 Å². The molecular formula is C27H30F3N5O2. The van der Waals surface area contributed by atoms with Gasteiger partial charge in [0.1, 0.15) is 12.1 Å². The molecule has 4 aromatic rings. The second-order valence-electron chi connectivity index (χ2n) is 10.4. The average molecular weight is 514 g/mol. The molecule has 1 unspecified atom stereocenters. The number of nitrogens with one attached hydrogen (secondary N) is 1. The standard InChI is InChI=1S/C27H30F3N5O2/c1-25(2,21-9-17(5-8-24(21)36)18-12-31-16-32-13-18)15-26(37,27(28,29)30)11-20-10-23-22(34-20)7-6-19(33-23)14-35(3)4/h5-10,12-13,16,34,36-37H,11,14-15H2,1-4H3. The first-order chi connectivity index (χ1) is 17.3. The summed E-state index contributed by atoms with van der Waals surface area (Å²) in [4.78, 5) is 17.4. The number of halogens is 3. The molecule has 37 heavy (non-hydrogen) atoms. The van der Waals surface area contributed by atoms with E-state index in [0.717, 1.165) is 5.69 Å². The van der Waals surface area contributed by atoms with Crippen molar-refractivity contribution in [2.75, 3.05) is 14.1 Å². The van der Waals surface area contributed by atoms with Crippen molar-refractivity contribution in [3.05, 3.63) is 72.1 Å². The van der Waals surface area contributed by atoms with Crippen LogP contribution in [0.5, 0.6) is 5.75 Å². The summed E-state index contributed by atoms with van der Waals surface area (Å²) < 4.78 is 43.1. The first-order valence-corrected chi connectivity index (χ1v) is 11.8. The maximum Gasteiger partial charge on any atom is 0.417 e. The molecule has 7 nitrogen and oxygen atoms in total. The van der Waals surface area contributed by atoms with Crippen LogP contribution >= 0.6 is 0 Å². The van der Waals surface area contributed by atoms with E-state index in [1.807, 2.05) is 25.1 Å². The predicted molar refractivity (Wildman–Crippen MR) is 135 cm³/mol. The zero-order valence-corrected chi connectivity index (χ0v) is 21.1. The van der Waals surface area contributed by atoms with Crippen molar-refractivity contribution in [2.24, 2.45) is 0 Å². The summed E-state index contributed by atoms with van der Waals surface area (Å²) in [5.74, 6) is -0.154. The fourth-order valence-corrected chi connectivity index (χ4v) is 4.72. The Bertz CT molecular complexity index is 1390. The number of hydrogen-bond acceptors (Lipinski definition) is 6. The van der Waals surface area contributed by atoms with E-state index in [9.17, 15) is 23.4 Å². The molecule has 1 atom stereocenters. The number of aliphatic hydroxyl groups is 1. The number of aromatic amines is 1. The molecule has 0 amide bonds. The van der Waals surface area contributed by atoms with Crippen LogP contribution in [-0.2, 0) is 18.4 Å². The van der Waals surface area contributed by atoms with Gasteiger partial charge in [-0.05, 0) is 61.8 Å². The minimum atomic E-state index is -4.93. The van der Waals surface area contributed by atoms with Crippen LogP contribution in [0.15, 0.2) is 55.1 Å². The van der Waals surface area contributed by atoms with E-state index in [1.54, 1.807) is 50.5 Å². The molecule has 10 heteroatoms. The van der Waals surface area contributed by atoms with Crippen molar-refractivity contribution in [1.82, 2.24) is 24.8 Å². The number of fused-ring (bicyclic) bond motifs is 1. The van der Waals surface area contributed by atoms with Crippen LogP contribution in [0.1, 0.15) is 37.2 Å². The lowest BCUT2D eigenvalue weighted by atomic mass is 9.72. The Morgan fingerprint density at radius 3 is 2.32 bits per heavy atom. The van der Waals surface area contributed by atoms with Gasteiger partial charge in [-0.1, -0.05) is 19.9 Å². The SMILES string of the molecule is CN(C)Cc1ccc2[nH]c(CC(O)(CC(C)(C)c3cc(-c4cncnc4)ccc3O)C(F)(F)F)cc2n1. The van der Waals surface area contributed by atoms with Gasteiger partial charge in [0.25, 0.3) is 0 Å². The van der Waals surface area contributed by atoms with E-state index in [-0.39, 0.29) is 17.0 Å². The Kier molecular flexibility index (Phi) is 7.00. The van der Waals surface area contributed by atoms with Crippen molar-refractivity contribution in [1.29, 1.82) is 0 Å². The quantitative estimate of drug-likeness (QED) is 0.307. The summed E-state index contributed by atoms with van der Waals surface area (Å²) in [6, 6.07) is 9.83. The summed E-state index contributed by atoms with van der Waals surface area (Å²) in [6.07, 6.45) is -1.76. The summed E-state index contributed by atoms with van der Waals surface area (Å²) >= 11 is 0. The monoisotopic (exact) mass is 513 g/mol. The Morgan fingerprint density at radius 2 is 1.68 bits per heavy atom. The van der Waals surface area contributed by atoms with Crippen molar-refractivity contribution in [3.63, 3.8) is 0 Å². The van der Waals surface area contributed by atoms with Gasteiger partial charge in [-0.25, -0.2) is 15.0 Å². The Morgan fingerprint density at radius 1 is 0.973 bits per heavy atom. The molecule has 3 heterocycles. The van der Waals surface area contributed by atoms with E-state index in [0.29, 0.717) is 28.7 Å². The molecule has 0 saturated carbocycles. The molecule has 0 saturated heterocycles. The molecule has 0 aliphatic carbocycles. The molecule has 0 radical (unpaired) electrons. The fourth-order valence-electron chi connectivity index (χ4n) is 4.72. The molecule has 196 valence electrons. The first-order valence-electron chi connectivity index (χ1n) is 11.8. The Balaban J connectivity index is 1.66. The molecule has 3 N–H and O–H groups in total. The van der Waals surface area contributed by atoms with E-state index >= 15 is 0 Å². The highest BCUT2D eigenvalue weighted by Crippen LogP contribution is 2.45. The summed E-state index contributed by atoms with van der Waals surface area (Å²) in [5.41, 5.74) is -0.592. The molecule has 4 rings (SSSR count). The van der Waals surface area contributed by atoms with Gasteiger partial charge in [0.2, 0.25) is 0 Å². The molecule has 0 spiro atoms. The van der Waals surface area contributed by atoms with Crippen LogP contribution in [0.3, 0.4) is 0 Å². The van der Waals surface area contributed by atoms with Crippen molar-refractivity contribution in [2.45, 2.75) is 50.4 Å². The smallest absolute Gasteiger partial charge is 0.417 e. The van der Waals surface area contributed by atoms with Gasteiger partial charge in [0.15, 0.2) is 5.60 Å². The maximum atomic E-state index is 14.4. The number of benzene rings is 1. The summed E-state index contributed by atoms with van der Waals surface area (Å²) in [5, 5.41) is 21.7. The van der Waals surface area contributed by atoms with E-state index < -0.39 is 30.0 Å². The lowest BCUT2D eigenvalue weighted by Gasteiger charge is -2.38. The Hall–Kier alpha value is -3.50. The number of aromatic hydroxyl groups is 1. The van der Waals surface area contributed by atoms with Gasteiger partial charge >= 0.3 is 6.18 Å². The molecular weight excluding hydrogens is 483 g/mol. The van der Waals surface area contributed by atoms with Gasteiger partial charge in [-0.3, -0.25) is 0 Å². The third-order valence-corrected chi connectivity index (χ3v) is 6.43. The largest absolute Gasteiger partial charge is 0.508 e. The number of phenolic OH excluding ortho intramolecular Hbond substituents is 1. The molecule has 1 aromatic carbocycles. The fraction of sp³-hybridized carbons (Fsp3) is 0.370. The van der Waals surface area contributed by atoms with Crippen LogP contribution in [-0.4, -0.2) is 60.9 Å². The topological polar surface area (TPSA) is 98.2 Å². The number of aromatic nitrogens is 4. The van der Waals surface area contributed by atoms with Gasteiger partial charge in [-0.15, -0.1) is 0 Å². The van der Waals surface area contributed by atoms with Gasteiger partial charge in [0, 0.05) is 42.2 Å². The average Bonchev–Trinajstić information content (AvgIpc) is 3.19. The van der Waals surface area contributed by atoms with E-state index in [2.05, 4.69) is 19.9 Å². The van der Waals surface area contributed by atoms with Gasteiger partial charge in [0.05, 0.1) is 16.7 Å². The van der Waals surface area contributed by atoms with Crippen LogP contribution in [0.25, 0.3) is 22.2 Å². The molecule has 0 aliphatic heterocycles. The van der Waals surface area contributed by atoms with Crippen LogP contribution in [0.2, 0.25) is 0 Å². The zero-order valence-electron chi connectivity index (χ0n) is 21.1. The van der Waals surface area contributed by atoms with Crippen molar-refractivity contribution in [3.8, 4) is 16.9 Å². The van der Waals surface area contributed by atoms with E-state index in [4.69, 9.17) is 0 Å². The maximum absolute atomic E-state index is 14.4.